The molecule has 0 aromatic heterocycles. The minimum absolute atomic E-state index is 0.179. The maximum Gasteiger partial charge on any atom is 0.319 e. The number of anilines is 4. The fourth-order valence-corrected chi connectivity index (χ4v) is 5.06. The van der Waals surface area contributed by atoms with Gasteiger partial charge in [-0.05, 0) is 68.1 Å². The Hall–Kier alpha value is -5.66. The van der Waals surface area contributed by atoms with Crippen LogP contribution < -0.4 is 50.8 Å². The average Bonchev–Trinajstić information content (AvgIpc) is 3.16. The van der Waals surface area contributed by atoms with Gasteiger partial charge >= 0.3 is 12.1 Å². The van der Waals surface area contributed by atoms with Gasteiger partial charge in [-0.25, -0.2) is 9.59 Å². The summed E-state index contributed by atoms with van der Waals surface area (Å²) < 4.78 is 23.1. The predicted octanol–water partition coefficient (Wildman–Crippen LogP) is 8.41. The molecule has 54 heavy (non-hydrogen) atoms. The molecule has 6 amide bonds. The molecule has 294 valence electrons. The Morgan fingerprint density at radius 3 is 1.28 bits per heavy atom. The minimum atomic E-state index is -0.542. The Bertz CT molecular complexity index is 1580. The maximum atomic E-state index is 13.9. The average molecular weight is 749 g/mol. The summed E-state index contributed by atoms with van der Waals surface area (Å²) in [5.74, 6) is 0.115. The number of carbonyl (C=O) groups excluding carboxylic acids is 4. The van der Waals surface area contributed by atoms with Crippen LogP contribution in [0.3, 0.4) is 0 Å². The number of benzene rings is 3. The lowest BCUT2D eigenvalue weighted by Crippen LogP contribution is -2.29. The van der Waals surface area contributed by atoms with Crippen molar-refractivity contribution in [2.24, 2.45) is 0 Å². The van der Waals surface area contributed by atoms with Crippen molar-refractivity contribution in [1.29, 1.82) is 0 Å². The number of methoxy groups -OCH3 is 2. The molecule has 3 aromatic carbocycles. The van der Waals surface area contributed by atoms with Gasteiger partial charge in [0.15, 0.2) is 0 Å². The lowest BCUT2D eigenvalue weighted by molar-refractivity contribution is 0.101. The first-order chi connectivity index (χ1) is 26.2. The molecule has 0 unspecified atom stereocenters. The van der Waals surface area contributed by atoms with Crippen molar-refractivity contribution in [3.63, 3.8) is 0 Å². The highest BCUT2D eigenvalue weighted by atomic mass is 16.5. The molecule has 0 bridgehead atoms. The molecule has 3 aromatic rings. The number of nitrogens with one attached hydrogen (secondary N) is 6. The van der Waals surface area contributed by atoms with Gasteiger partial charge in [0.25, 0.3) is 11.8 Å². The molecule has 14 heteroatoms. The van der Waals surface area contributed by atoms with Crippen LogP contribution in [0.15, 0.2) is 48.5 Å². The Kier molecular flexibility index (Phi) is 18.3. The van der Waals surface area contributed by atoms with E-state index in [4.69, 9.17) is 18.9 Å². The lowest BCUT2D eigenvalue weighted by atomic mass is 10.1. The Labute approximate surface area is 318 Å². The van der Waals surface area contributed by atoms with Gasteiger partial charge in [-0.15, -0.1) is 0 Å². The first-order valence-electron chi connectivity index (χ1n) is 18.7. The normalized spacial score (nSPS) is 10.5. The van der Waals surface area contributed by atoms with Crippen molar-refractivity contribution in [3.05, 3.63) is 59.7 Å². The zero-order chi connectivity index (χ0) is 39.3. The van der Waals surface area contributed by atoms with Crippen LogP contribution in [0.5, 0.6) is 23.0 Å². The first-order valence-corrected chi connectivity index (χ1v) is 18.7. The van der Waals surface area contributed by atoms with Crippen molar-refractivity contribution < 1.29 is 38.1 Å². The van der Waals surface area contributed by atoms with E-state index in [9.17, 15) is 19.2 Å². The van der Waals surface area contributed by atoms with Gasteiger partial charge in [-0.3, -0.25) is 9.59 Å². The summed E-state index contributed by atoms with van der Waals surface area (Å²) in [4.78, 5) is 52.8. The minimum Gasteiger partial charge on any atom is -0.494 e. The summed E-state index contributed by atoms with van der Waals surface area (Å²) in [5.41, 5.74) is 1.62. The molecule has 0 heterocycles. The maximum absolute atomic E-state index is 13.9. The standard InChI is InChI=1S/C40H56N6O8/c1-7-11-19-41-39(49)43-27-15-17-33(53-21-13-9-3)29(23-27)37(47)45-31-25-32(36(52-6)26-35(31)51-5)46-38(48)30-24-28(44-40(50)42-20-12-8-2)16-18-34(30)54-22-14-10-4/h15-18,23-26H,7-14,19-22H2,1-6H3,(H,45,47)(H,46,48)(H2,41,43,49)(H2,42,44,50). The molecular formula is C40H56N6O8. The Balaban J connectivity index is 1.95. The van der Waals surface area contributed by atoms with E-state index in [2.05, 4.69) is 31.9 Å². The summed E-state index contributed by atoms with van der Waals surface area (Å²) in [6.07, 6.45) is 6.93. The number of urea groups is 2. The third-order valence-electron chi connectivity index (χ3n) is 8.12. The van der Waals surface area contributed by atoms with Gasteiger partial charge in [0.2, 0.25) is 0 Å². The van der Waals surface area contributed by atoms with E-state index in [1.165, 1.54) is 20.3 Å². The van der Waals surface area contributed by atoms with E-state index < -0.39 is 11.8 Å². The summed E-state index contributed by atoms with van der Waals surface area (Å²) in [6.45, 7) is 9.98. The smallest absolute Gasteiger partial charge is 0.319 e. The van der Waals surface area contributed by atoms with Gasteiger partial charge < -0.3 is 50.8 Å². The molecule has 0 saturated carbocycles. The molecule has 0 fully saturated rings. The van der Waals surface area contributed by atoms with E-state index in [1.807, 2.05) is 27.7 Å². The second kappa shape index (κ2) is 23.1. The number of ether oxygens (including phenoxy) is 4. The van der Waals surface area contributed by atoms with Gasteiger partial charge in [0, 0.05) is 30.5 Å². The van der Waals surface area contributed by atoms with E-state index in [0.717, 1.165) is 51.4 Å². The third kappa shape index (κ3) is 13.4. The van der Waals surface area contributed by atoms with Crippen LogP contribution in [0.1, 0.15) is 99.8 Å². The largest absolute Gasteiger partial charge is 0.494 e. The number of unbranched alkanes of at least 4 members (excludes halogenated alkanes) is 4. The molecule has 0 atom stereocenters. The molecular weight excluding hydrogens is 692 g/mol. The quantitative estimate of drug-likeness (QED) is 0.0555. The lowest BCUT2D eigenvalue weighted by Gasteiger charge is -2.18. The Morgan fingerprint density at radius 2 is 0.907 bits per heavy atom. The molecule has 14 nitrogen and oxygen atoms in total. The van der Waals surface area contributed by atoms with Crippen LogP contribution in [0.2, 0.25) is 0 Å². The number of carbonyl (C=O) groups is 4. The summed E-state index contributed by atoms with van der Waals surface area (Å²) >= 11 is 0. The number of hydrogen-bond acceptors (Lipinski definition) is 8. The molecule has 0 saturated heterocycles. The Morgan fingerprint density at radius 1 is 0.500 bits per heavy atom. The van der Waals surface area contributed by atoms with Crippen molar-refractivity contribution in [2.75, 3.05) is 61.8 Å². The highest BCUT2D eigenvalue weighted by Gasteiger charge is 2.22. The van der Waals surface area contributed by atoms with E-state index in [0.29, 0.717) is 49.2 Å². The van der Waals surface area contributed by atoms with Gasteiger partial charge in [0.05, 0.1) is 49.9 Å². The second-order valence-corrected chi connectivity index (χ2v) is 12.5. The zero-order valence-corrected chi connectivity index (χ0v) is 32.4. The monoisotopic (exact) mass is 748 g/mol. The van der Waals surface area contributed by atoms with Crippen molar-refractivity contribution in [1.82, 2.24) is 10.6 Å². The van der Waals surface area contributed by atoms with Crippen LogP contribution in [0, 0.1) is 0 Å². The zero-order valence-electron chi connectivity index (χ0n) is 32.4. The molecule has 0 spiro atoms. The third-order valence-corrected chi connectivity index (χ3v) is 8.12. The van der Waals surface area contributed by atoms with Crippen LogP contribution in [-0.4, -0.2) is 64.4 Å². The van der Waals surface area contributed by atoms with Crippen LogP contribution in [0.25, 0.3) is 0 Å². The van der Waals surface area contributed by atoms with Crippen LogP contribution in [0.4, 0.5) is 32.3 Å². The fraction of sp³-hybridized carbons (Fsp3) is 0.450. The van der Waals surface area contributed by atoms with Crippen molar-refractivity contribution in [2.45, 2.75) is 79.1 Å². The molecule has 0 radical (unpaired) electrons. The van der Waals surface area contributed by atoms with Crippen molar-refractivity contribution in [3.8, 4) is 23.0 Å². The highest BCUT2D eigenvalue weighted by Crippen LogP contribution is 2.38. The highest BCUT2D eigenvalue weighted by molar-refractivity contribution is 6.10. The summed E-state index contributed by atoms with van der Waals surface area (Å²) in [5, 5.41) is 16.9. The number of hydrogen-bond donors (Lipinski definition) is 6. The molecule has 0 aliphatic carbocycles. The molecule has 0 aliphatic rings. The topological polar surface area (TPSA) is 177 Å². The number of amides is 6. The summed E-state index contributed by atoms with van der Waals surface area (Å²) in [6, 6.07) is 12.0. The first kappa shape index (κ1) is 42.8. The SMILES string of the molecule is CCCCNC(=O)Nc1ccc(OCCCC)c(C(=O)Nc2cc(NC(=O)c3cc(NC(=O)NCCCC)ccc3OCCCC)c(OC)cc2OC)c1. The van der Waals surface area contributed by atoms with Gasteiger partial charge in [-0.1, -0.05) is 53.4 Å². The van der Waals surface area contributed by atoms with Crippen LogP contribution >= 0.6 is 0 Å². The van der Waals surface area contributed by atoms with Gasteiger partial charge in [0.1, 0.15) is 23.0 Å². The summed E-state index contributed by atoms with van der Waals surface area (Å²) in [7, 11) is 2.89. The molecule has 3 rings (SSSR count). The van der Waals surface area contributed by atoms with E-state index in [-0.39, 0.29) is 46.1 Å². The van der Waals surface area contributed by atoms with E-state index >= 15 is 0 Å². The van der Waals surface area contributed by atoms with Crippen LogP contribution in [-0.2, 0) is 0 Å². The fourth-order valence-electron chi connectivity index (χ4n) is 5.06. The van der Waals surface area contributed by atoms with E-state index in [1.54, 1.807) is 42.5 Å². The van der Waals surface area contributed by atoms with Crippen molar-refractivity contribution >= 4 is 46.6 Å². The predicted molar refractivity (Wildman–Crippen MR) is 213 cm³/mol. The van der Waals surface area contributed by atoms with Gasteiger partial charge in [-0.2, -0.15) is 0 Å². The number of rotatable bonds is 22. The molecule has 6 N–H and O–H groups in total. The second-order valence-electron chi connectivity index (χ2n) is 12.5. The molecule has 0 aliphatic heterocycles.